The lowest BCUT2D eigenvalue weighted by atomic mass is 9.92. The molecule has 10 heteroatoms. The lowest BCUT2D eigenvalue weighted by molar-refractivity contribution is 0.103. The number of carbonyl (C=O) groups excluding carboxylic acids is 1. The molecule has 1 aliphatic carbocycles. The molecule has 1 N–H and O–H groups in total. The Morgan fingerprint density at radius 3 is 2.09 bits per heavy atom. The van der Waals surface area contributed by atoms with E-state index in [2.05, 4.69) is 20.7 Å². The lowest BCUT2D eigenvalue weighted by Gasteiger charge is -2.40. The molecule has 0 bridgehead atoms. The van der Waals surface area contributed by atoms with Gasteiger partial charge in [-0.05, 0) is 47.0 Å². The van der Waals surface area contributed by atoms with E-state index >= 15 is 0 Å². The Bertz CT molecular complexity index is 1190. The van der Waals surface area contributed by atoms with Crippen LogP contribution in [0.25, 0.3) is 0 Å². The molecule has 2 aromatic rings. The van der Waals surface area contributed by atoms with Gasteiger partial charge in [-0.15, -0.1) is 0 Å². The normalized spacial score (nSPS) is 18.4. The van der Waals surface area contributed by atoms with E-state index < -0.39 is 22.9 Å². The number of benzene rings is 2. The highest BCUT2D eigenvalue weighted by Gasteiger charge is 2.57. The second-order valence-electron chi connectivity index (χ2n) is 7.92. The maximum atomic E-state index is 14.6. The Hall–Kier alpha value is -1.61. The average Bonchev–Trinajstić information content (AvgIpc) is 2.83. The Morgan fingerprint density at radius 2 is 1.50 bits per heavy atom. The zero-order valence-electron chi connectivity index (χ0n) is 19.2. The molecule has 0 aromatic heterocycles. The first-order valence-corrected chi connectivity index (χ1v) is 15.0. The Morgan fingerprint density at radius 1 is 0.941 bits per heavy atom. The molecule has 0 saturated carbocycles. The molecule has 0 aliphatic heterocycles. The fourth-order valence-corrected chi connectivity index (χ4v) is 8.35. The summed E-state index contributed by atoms with van der Waals surface area (Å²) in [6.45, 7) is 4.14. The number of carbonyl (C=O) groups is 1. The molecular formula is C24H29BrNO6PS. The molecule has 7 nitrogen and oxygen atoms in total. The van der Waals surface area contributed by atoms with Crippen LogP contribution >= 0.6 is 23.5 Å². The van der Waals surface area contributed by atoms with Gasteiger partial charge in [-0.2, -0.15) is 4.72 Å². The summed E-state index contributed by atoms with van der Waals surface area (Å²) in [4.78, 5) is 12.9. The van der Waals surface area contributed by atoms with Crippen LogP contribution in [0.4, 0.5) is 0 Å². The van der Waals surface area contributed by atoms with E-state index in [1.165, 1.54) is 18.2 Å². The molecule has 0 unspecified atom stereocenters. The predicted molar refractivity (Wildman–Crippen MR) is 136 cm³/mol. The van der Waals surface area contributed by atoms with Crippen LogP contribution in [0, 0.1) is 0 Å². The standard InChI is InChI=1S/C24H29BrNO6PS/c1-3-5-16-31-33(28,32-17-6-4-2)24(26-34(29,30)19-12-8-7-9-13-19)18-22(25)23(27)20-14-10-11-15-21(20)24/h7-15,18,26H,3-6,16-17H2,1-2H3/t24-/m1/s1. The Labute approximate surface area is 209 Å². The first-order valence-electron chi connectivity index (χ1n) is 11.2. The maximum Gasteiger partial charge on any atom is 0.360 e. The zero-order valence-corrected chi connectivity index (χ0v) is 22.5. The molecule has 1 atom stereocenters. The highest BCUT2D eigenvalue weighted by Crippen LogP contribution is 2.67. The number of nitrogens with one attached hydrogen (secondary N) is 1. The number of unbranched alkanes of at least 4 members (excludes halogenated alkanes) is 2. The van der Waals surface area contributed by atoms with Crippen LogP contribution in [-0.2, 0) is 28.9 Å². The van der Waals surface area contributed by atoms with Crippen LogP contribution in [0.5, 0.6) is 0 Å². The fraction of sp³-hybridized carbons (Fsp3) is 0.375. The largest absolute Gasteiger partial charge is 0.360 e. The van der Waals surface area contributed by atoms with Crippen molar-refractivity contribution >= 4 is 39.3 Å². The molecule has 2 aromatic carbocycles. The minimum Gasteiger partial charge on any atom is -0.307 e. The number of ketones is 1. The molecular weight excluding hydrogens is 541 g/mol. The van der Waals surface area contributed by atoms with Crippen LogP contribution in [0.1, 0.15) is 55.5 Å². The molecule has 0 heterocycles. The second kappa shape index (κ2) is 11.4. The van der Waals surface area contributed by atoms with Crippen LogP contribution in [0.15, 0.2) is 70.1 Å². The second-order valence-corrected chi connectivity index (χ2v) is 12.7. The van der Waals surface area contributed by atoms with Crippen LogP contribution in [-0.4, -0.2) is 27.4 Å². The van der Waals surface area contributed by atoms with E-state index in [4.69, 9.17) is 9.05 Å². The van der Waals surface area contributed by atoms with Gasteiger partial charge in [0.25, 0.3) is 0 Å². The number of sulfonamides is 1. The van der Waals surface area contributed by atoms with Crippen molar-refractivity contribution in [2.75, 3.05) is 13.2 Å². The summed E-state index contributed by atoms with van der Waals surface area (Å²) >= 11 is 3.26. The average molecular weight is 570 g/mol. The van der Waals surface area contributed by atoms with Crippen LogP contribution in [0.3, 0.4) is 0 Å². The molecule has 0 fully saturated rings. The van der Waals surface area contributed by atoms with Crippen molar-refractivity contribution in [3.8, 4) is 0 Å². The number of hydrogen-bond acceptors (Lipinski definition) is 6. The molecule has 34 heavy (non-hydrogen) atoms. The number of Topliss-reactive ketones (excluding diaryl/α,β-unsaturated/α-hetero) is 1. The number of rotatable bonds is 12. The summed E-state index contributed by atoms with van der Waals surface area (Å²) in [6, 6.07) is 14.3. The zero-order chi connectivity index (χ0) is 24.8. The Kier molecular flexibility index (Phi) is 9.06. The molecule has 1 aliphatic rings. The van der Waals surface area contributed by atoms with Gasteiger partial charge in [-0.3, -0.25) is 9.36 Å². The van der Waals surface area contributed by atoms with Gasteiger partial charge in [0.1, 0.15) is 0 Å². The van der Waals surface area contributed by atoms with Crippen molar-refractivity contribution in [3.05, 3.63) is 76.3 Å². The van der Waals surface area contributed by atoms with Gasteiger partial charge < -0.3 is 9.05 Å². The fourth-order valence-electron chi connectivity index (χ4n) is 3.60. The number of allylic oxidation sites excluding steroid dienone is 1. The number of halogens is 1. The number of hydrogen-bond donors (Lipinski definition) is 1. The van der Waals surface area contributed by atoms with Crippen molar-refractivity contribution in [2.45, 2.75) is 49.7 Å². The molecule has 0 spiro atoms. The van der Waals surface area contributed by atoms with Gasteiger partial charge in [0.2, 0.25) is 10.0 Å². The van der Waals surface area contributed by atoms with E-state index in [0.29, 0.717) is 12.8 Å². The third-order valence-corrected chi connectivity index (χ3v) is 10.0. The van der Waals surface area contributed by atoms with E-state index in [0.717, 1.165) is 12.8 Å². The third-order valence-electron chi connectivity index (χ3n) is 5.43. The van der Waals surface area contributed by atoms with Crippen LogP contribution < -0.4 is 4.72 Å². The SMILES string of the molecule is CCCCOP(=O)(OCCCC)[C@]1(NS(=O)(=O)c2ccccc2)C=C(Br)C(=O)c2ccccc21. The summed E-state index contributed by atoms with van der Waals surface area (Å²) in [5, 5.41) is -1.95. The summed E-state index contributed by atoms with van der Waals surface area (Å²) in [5.41, 5.74) is 0.435. The minimum absolute atomic E-state index is 0.0121. The van der Waals surface area contributed by atoms with E-state index in [9.17, 15) is 17.8 Å². The summed E-state index contributed by atoms with van der Waals surface area (Å²) in [7, 11) is -8.45. The minimum atomic E-state index is -4.25. The van der Waals surface area contributed by atoms with Gasteiger partial charge in [0.15, 0.2) is 11.1 Å². The highest BCUT2D eigenvalue weighted by molar-refractivity contribution is 9.12. The molecule has 184 valence electrons. The third kappa shape index (κ3) is 5.45. The Balaban J connectivity index is 2.26. The van der Waals surface area contributed by atoms with Gasteiger partial charge in [0.05, 0.1) is 22.6 Å². The lowest BCUT2D eigenvalue weighted by Crippen LogP contribution is -2.47. The summed E-state index contributed by atoms with van der Waals surface area (Å²) in [5.74, 6) is -0.348. The first kappa shape index (κ1) is 27.0. The van der Waals surface area contributed by atoms with Crippen LogP contribution in [0.2, 0.25) is 0 Å². The quantitative estimate of drug-likeness (QED) is 0.244. The van der Waals surface area contributed by atoms with Crippen molar-refractivity contribution in [3.63, 3.8) is 0 Å². The highest BCUT2D eigenvalue weighted by atomic mass is 79.9. The summed E-state index contributed by atoms with van der Waals surface area (Å²) in [6.07, 6.45) is 4.09. The van der Waals surface area contributed by atoms with Crippen molar-refractivity contribution in [1.29, 1.82) is 0 Å². The maximum absolute atomic E-state index is 14.6. The van der Waals surface area contributed by atoms with Crippen molar-refractivity contribution in [2.24, 2.45) is 0 Å². The van der Waals surface area contributed by atoms with Gasteiger partial charge in [-0.25, -0.2) is 8.42 Å². The smallest absolute Gasteiger partial charge is 0.307 e. The topological polar surface area (TPSA) is 98.8 Å². The van der Waals surface area contributed by atoms with Gasteiger partial charge >= 0.3 is 7.60 Å². The monoisotopic (exact) mass is 569 g/mol. The molecule has 0 saturated heterocycles. The van der Waals surface area contributed by atoms with E-state index in [1.807, 2.05) is 13.8 Å². The van der Waals surface area contributed by atoms with Crippen molar-refractivity contribution < 1.29 is 26.8 Å². The van der Waals surface area contributed by atoms with Crippen molar-refractivity contribution in [1.82, 2.24) is 4.72 Å². The molecule has 3 rings (SSSR count). The first-order chi connectivity index (χ1) is 16.2. The number of fused-ring (bicyclic) bond motifs is 1. The van der Waals surface area contributed by atoms with E-state index in [-0.39, 0.29) is 39.5 Å². The van der Waals surface area contributed by atoms with E-state index in [1.54, 1.807) is 42.5 Å². The van der Waals surface area contributed by atoms with Gasteiger partial charge in [0, 0.05) is 11.1 Å². The summed E-state index contributed by atoms with van der Waals surface area (Å²) < 4.78 is 56.2. The predicted octanol–water partition coefficient (Wildman–Crippen LogP) is 6.12. The van der Waals surface area contributed by atoms with Gasteiger partial charge in [-0.1, -0.05) is 69.2 Å². The molecule has 0 amide bonds. The molecule has 0 radical (unpaired) electrons.